The molecule has 0 saturated heterocycles. The van der Waals surface area contributed by atoms with Crippen molar-refractivity contribution in [1.29, 1.82) is 0 Å². The minimum Gasteiger partial charge on any atom is -0.332 e. The van der Waals surface area contributed by atoms with E-state index < -0.39 is 0 Å². The van der Waals surface area contributed by atoms with Crippen LogP contribution in [-0.2, 0) is 10.3 Å². The van der Waals surface area contributed by atoms with Gasteiger partial charge >= 0.3 is 0 Å². The van der Waals surface area contributed by atoms with Crippen LogP contribution in [-0.4, -0.2) is 17.4 Å². The molecule has 0 aromatic heterocycles. The summed E-state index contributed by atoms with van der Waals surface area (Å²) in [6, 6.07) is 11.2. The highest BCUT2D eigenvalue weighted by Crippen LogP contribution is 2.46. The number of carbonyl (C=O) groups excluding carboxylic acids is 1. The topological polar surface area (TPSA) is 20.3 Å². The first-order valence-electron chi connectivity index (χ1n) is 8.57. The van der Waals surface area contributed by atoms with Gasteiger partial charge in [0.2, 0.25) is 6.41 Å². The highest BCUT2D eigenvalue weighted by atomic mass is 16.1. The van der Waals surface area contributed by atoms with E-state index in [9.17, 15) is 4.79 Å². The molecule has 0 radical (unpaired) electrons. The monoisotopic (exact) mass is 285 g/mol. The Kier molecular flexibility index (Phi) is 4.32. The average Bonchev–Trinajstić information content (AvgIpc) is 3.01. The number of benzene rings is 1. The lowest BCUT2D eigenvalue weighted by atomic mass is 9.79. The van der Waals surface area contributed by atoms with Crippen LogP contribution in [0.3, 0.4) is 0 Å². The van der Waals surface area contributed by atoms with Crippen LogP contribution in [0.4, 0.5) is 0 Å². The molecule has 114 valence electrons. The summed E-state index contributed by atoms with van der Waals surface area (Å²) in [6.07, 6.45) is 10.9. The highest BCUT2D eigenvalue weighted by Gasteiger charge is 2.44. The van der Waals surface area contributed by atoms with E-state index in [4.69, 9.17) is 0 Å². The van der Waals surface area contributed by atoms with Crippen LogP contribution in [0.2, 0.25) is 0 Å². The molecular formula is C19H27NO. The van der Waals surface area contributed by atoms with E-state index in [1.165, 1.54) is 44.1 Å². The van der Waals surface area contributed by atoms with Crippen LogP contribution in [0, 0.1) is 5.92 Å². The van der Waals surface area contributed by atoms with Gasteiger partial charge in [-0.1, -0.05) is 62.9 Å². The summed E-state index contributed by atoms with van der Waals surface area (Å²) in [5.41, 5.74) is 1.30. The first kappa shape index (κ1) is 14.6. The molecule has 2 fully saturated rings. The highest BCUT2D eigenvalue weighted by molar-refractivity contribution is 5.52. The number of rotatable bonds is 4. The first-order valence-corrected chi connectivity index (χ1v) is 8.57. The van der Waals surface area contributed by atoms with Gasteiger partial charge in [-0.15, -0.1) is 0 Å². The van der Waals surface area contributed by atoms with E-state index in [1.807, 2.05) is 0 Å². The molecule has 2 saturated carbocycles. The second kappa shape index (κ2) is 6.21. The minimum atomic E-state index is -0.0424. The van der Waals surface area contributed by atoms with Crippen molar-refractivity contribution < 1.29 is 4.79 Å². The first-order chi connectivity index (χ1) is 10.3. The van der Waals surface area contributed by atoms with Crippen LogP contribution >= 0.6 is 0 Å². The molecule has 0 aliphatic heterocycles. The smallest absolute Gasteiger partial charge is 0.210 e. The zero-order valence-electron chi connectivity index (χ0n) is 13.1. The summed E-state index contributed by atoms with van der Waals surface area (Å²) < 4.78 is 0. The lowest BCUT2D eigenvalue weighted by Crippen LogP contribution is -2.52. The lowest BCUT2D eigenvalue weighted by Gasteiger charge is -2.47. The zero-order chi connectivity index (χ0) is 14.7. The van der Waals surface area contributed by atoms with Crippen LogP contribution in [0.5, 0.6) is 0 Å². The zero-order valence-corrected chi connectivity index (χ0v) is 13.1. The van der Waals surface area contributed by atoms with Gasteiger partial charge in [-0.25, -0.2) is 0 Å². The maximum atomic E-state index is 12.0. The Hall–Kier alpha value is -1.31. The summed E-state index contributed by atoms with van der Waals surface area (Å²) in [7, 11) is 0. The number of carbonyl (C=O) groups is 1. The summed E-state index contributed by atoms with van der Waals surface area (Å²) in [6.45, 7) is 2.33. The van der Waals surface area contributed by atoms with Gasteiger partial charge in [0, 0.05) is 6.04 Å². The van der Waals surface area contributed by atoms with Crippen LogP contribution < -0.4 is 0 Å². The molecule has 2 aliphatic rings. The van der Waals surface area contributed by atoms with Crippen molar-refractivity contribution in [2.45, 2.75) is 69.9 Å². The second-order valence-corrected chi connectivity index (χ2v) is 6.95. The number of hydrogen-bond acceptors (Lipinski definition) is 1. The van der Waals surface area contributed by atoms with Gasteiger partial charge in [-0.2, -0.15) is 0 Å². The second-order valence-electron chi connectivity index (χ2n) is 6.95. The maximum Gasteiger partial charge on any atom is 0.210 e. The summed E-state index contributed by atoms with van der Waals surface area (Å²) in [4.78, 5) is 14.3. The minimum absolute atomic E-state index is 0.0424. The van der Waals surface area contributed by atoms with Gasteiger partial charge in [-0.05, 0) is 37.2 Å². The van der Waals surface area contributed by atoms with Crippen molar-refractivity contribution >= 4 is 6.41 Å². The standard InChI is InChI=1S/C19H27NO/c1-16-9-5-6-12-18(16)20(15-21)19(13-7-8-14-19)17-10-3-2-4-11-17/h2-4,10-11,15-16,18H,5-9,12-14H2,1H3. The average molecular weight is 285 g/mol. The Morgan fingerprint density at radius 1 is 1.05 bits per heavy atom. The molecule has 2 nitrogen and oxygen atoms in total. The van der Waals surface area contributed by atoms with E-state index >= 15 is 0 Å². The molecule has 0 N–H and O–H groups in total. The third-order valence-electron chi connectivity index (χ3n) is 5.77. The number of hydrogen-bond donors (Lipinski definition) is 0. The van der Waals surface area contributed by atoms with E-state index in [1.54, 1.807) is 0 Å². The van der Waals surface area contributed by atoms with Gasteiger partial charge in [0.15, 0.2) is 0 Å². The third kappa shape index (κ3) is 2.61. The quantitative estimate of drug-likeness (QED) is 0.746. The van der Waals surface area contributed by atoms with E-state index in [-0.39, 0.29) is 5.54 Å². The Balaban J connectivity index is 1.96. The van der Waals surface area contributed by atoms with E-state index in [0.29, 0.717) is 12.0 Å². The number of amides is 1. The van der Waals surface area contributed by atoms with Crippen molar-refractivity contribution in [3.63, 3.8) is 0 Å². The molecule has 1 aromatic carbocycles. The molecular weight excluding hydrogens is 258 g/mol. The van der Waals surface area contributed by atoms with Crippen molar-refractivity contribution in [2.75, 3.05) is 0 Å². The van der Waals surface area contributed by atoms with Gasteiger partial charge in [0.05, 0.1) is 5.54 Å². The summed E-state index contributed by atoms with van der Waals surface area (Å²) in [5.74, 6) is 0.630. The van der Waals surface area contributed by atoms with Gasteiger partial charge in [0.25, 0.3) is 0 Å². The molecule has 2 heteroatoms. The summed E-state index contributed by atoms with van der Waals surface area (Å²) in [5, 5.41) is 0. The molecule has 21 heavy (non-hydrogen) atoms. The largest absolute Gasteiger partial charge is 0.332 e. The predicted octanol–water partition coefficient (Wildman–Crippen LogP) is 4.49. The fraction of sp³-hybridized carbons (Fsp3) is 0.632. The molecule has 3 rings (SSSR count). The number of nitrogens with zero attached hydrogens (tertiary/aromatic N) is 1. The molecule has 2 unspecified atom stereocenters. The normalized spacial score (nSPS) is 28.2. The Bertz CT molecular complexity index is 464. The van der Waals surface area contributed by atoms with Crippen molar-refractivity contribution in [1.82, 2.24) is 4.90 Å². The fourth-order valence-corrected chi connectivity index (χ4v) is 4.61. The predicted molar refractivity (Wildman–Crippen MR) is 85.9 cm³/mol. The Labute approximate surface area is 128 Å². The maximum absolute atomic E-state index is 12.0. The van der Waals surface area contributed by atoms with Gasteiger partial charge in [-0.3, -0.25) is 4.79 Å². The van der Waals surface area contributed by atoms with Crippen LogP contribution in [0.1, 0.15) is 63.9 Å². The fourth-order valence-electron chi connectivity index (χ4n) is 4.61. The van der Waals surface area contributed by atoms with Crippen LogP contribution in [0.25, 0.3) is 0 Å². The van der Waals surface area contributed by atoms with Crippen molar-refractivity contribution in [2.24, 2.45) is 5.92 Å². The van der Waals surface area contributed by atoms with E-state index in [0.717, 1.165) is 19.3 Å². The molecule has 0 heterocycles. The molecule has 1 amide bonds. The van der Waals surface area contributed by atoms with Gasteiger partial charge < -0.3 is 4.90 Å². The van der Waals surface area contributed by atoms with E-state index in [2.05, 4.69) is 42.2 Å². The lowest BCUT2D eigenvalue weighted by molar-refractivity contribution is -0.130. The Morgan fingerprint density at radius 3 is 2.33 bits per heavy atom. The molecule has 2 aliphatic carbocycles. The van der Waals surface area contributed by atoms with Gasteiger partial charge in [0.1, 0.15) is 0 Å². The molecule has 1 aromatic rings. The van der Waals surface area contributed by atoms with Crippen molar-refractivity contribution in [3.8, 4) is 0 Å². The Morgan fingerprint density at radius 2 is 1.71 bits per heavy atom. The van der Waals surface area contributed by atoms with Crippen LogP contribution in [0.15, 0.2) is 30.3 Å². The van der Waals surface area contributed by atoms with Crippen molar-refractivity contribution in [3.05, 3.63) is 35.9 Å². The molecule has 0 spiro atoms. The molecule has 0 bridgehead atoms. The molecule has 2 atom stereocenters. The third-order valence-corrected chi connectivity index (χ3v) is 5.77. The summed E-state index contributed by atoms with van der Waals surface area (Å²) >= 11 is 0. The SMILES string of the molecule is CC1CCCCC1N(C=O)C1(c2ccccc2)CCCC1.